The fourth-order valence-corrected chi connectivity index (χ4v) is 2.53. The minimum atomic E-state index is -0.851. The van der Waals surface area contributed by atoms with Crippen LogP contribution in [0.3, 0.4) is 0 Å². The van der Waals surface area contributed by atoms with Gasteiger partial charge in [-0.05, 0) is 49.6 Å². The largest absolute Gasteiger partial charge is 0.480 e. The summed E-state index contributed by atoms with van der Waals surface area (Å²) >= 11 is 0. The molecular weight excluding hydrogens is 221 g/mol. The Labute approximate surface area is 99.9 Å². The first-order valence-corrected chi connectivity index (χ1v) is 5.78. The van der Waals surface area contributed by atoms with E-state index in [2.05, 4.69) is 0 Å². The average Bonchev–Trinajstić information content (AvgIpc) is 2.27. The number of aliphatic carboxylic acids is 1. The molecule has 0 spiro atoms. The van der Waals surface area contributed by atoms with Crippen LogP contribution in [0.15, 0.2) is 18.2 Å². The van der Waals surface area contributed by atoms with Crippen LogP contribution < -0.4 is 0 Å². The summed E-state index contributed by atoms with van der Waals surface area (Å²) in [6, 6.07) is 4.84. The molecule has 0 aromatic heterocycles. The van der Waals surface area contributed by atoms with Gasteiger partial charge in [-0.3, -0.25) is 9.69 Å². The quantitative estimate of drug-likeness (QED) is 0.876. The Kier molecular flexibility index (Phi) is 3.43. The molecule has 92 valence electrons. The Hall–Kier alpha value is -1.42. The van der Waals surface area contributed by atoms with Gasteiger partial charge in [0.15, 0.2) is 0 Å². The van der Waals surface area contributed by atoms with Crippen LogP contribution in [0, 0.1) is 5.82 Å². The van der Waals surface area contributed by atoms with Gasteiger partial charge in [-0.2, -0.15) is 0 Å². The van der Waals surface area contributed by atoms with Gasteiger partial charge in [0.25, 0.3) is 0 Å². The molecule has 0 bridgehead atoms. The van der Waals surface area contributed by atoms with Crippen LogP contribution in [0.1, 0.15) is 30.0 Å². The van der Waals surface area contributed by atoms with Crippen molar-refractivity contribution in [3.63, 3.8) is 0 Å². The maximum absolute atomic E-state index is 13.3. The monoisotopic (exact) mass is 237 g/mol. The zero-order valence-electron chi connectivity index (χ0n) is 9.82. The van der Waals surface area contributed by atoms with Crippen LogP contribution >= 0.6 is 0 Å². The Morgan fingerprint density at radius 1 is 1.59 bits per heavy atom. The predicted molar refractivity (Wildman–Crippen MR) is 62.3 cm³/mol. The second kappa shape index (κ2) is 4.84. The van der Waals surface area contributed by atoms with Crippen LogP contribution in [-0.2, 0) is 11.2 Å². The first kappa shape index (κ1) is 12.0. The summed E-state index contributed by atoms with van der Waals surface area (Å²) in [6.07, 6.45) is 2.86. The van der Waals surface area contributed by atoms with Gasteiger partial charge < -0.3 is 5.11 Å². The summed E-state index contributed by atoms with van der Waals surface area (Å²) in [6.45, 7) is -0.0133. The third-order valence-corrected chi connectivity index (χ3v) is 3.31. The summed E-state index contributed by atoms with van der Waals surface area (Å²) in [5.74, 6) is -1.10. The van der Waals surface area contributed by atoms with Crippen molar-refractivity contribution in [2.45, 2.75) is 25.3 Å². The summed E-state index contributed by atoms with van der Waals surface area (Å²) in [5.41, 5.74) is 2.08. The van der Waals surface area contributed by atoms with Crippen molar-refractivity contribution in [1.29, 1.82) is 0 Å². The fourth-order valence-electron chi connectivity index (χ4n) is 2.53. The number of nitrogens with zero attached hydrogens (tertiary/aromatic N) is 1. The van der Waals surface area contributed by atoms with Gasteiger partial charge in [-0.1, -0.05) is 6.07 Å². The van der Waals surface area contributed by atoms with Crippen LogP contribution in [0.25, 0.3) is 0 Å². The molecule has 1 aliphatic carbocycles. The third-order valence-electron chi connectivity index (χ3n) is 3.31. The van der Waals surface area contributed by atoms with Gasteiger partial charge in [0.1, 0.15) is 5.82 Å². The zero-order valence-corrected chi connectivity index (χ0v) is 9.82. The van der Waals surface area contributed by atoms with E-state index in [9.17, 15) is 9.18 Å². The molecule has 0 radical (unpaired) electrons. The lowest BCUT2D eigenvalue weighted by atomic mass is 9.87. The van der Waals surface area contributed by atoms with E-state index in [-0.39, 0.29) is 18.4 Å². The Bertz CT molecular complexity index is 433. The van der Waals surface area contributed by atoms with E-state index in [0.717, 1.165) is 30.4 Å². The van der Waals surface area contributed by atoms with Crippen molar-refractivity contribution in [3.8, 4) is 0 Å². The average molecular weight is 237 g/mol. The lowest BCUT2D eigenvalue weighted by molar-refractivity contribution is -0.138. The minimum absolute atomic E-state index is 0.0133. The number of aryl methyl sites for hydroxylation is 1. The predicted octanol–water partition coefficient (Wildman–Crippen LogP) is 2.22. The molecule has 1 atom stereocenters. The normalized spacial score (nSPS) is 19.1. The van der Waals surface area contributed by atoms with E-state index in [4.69, 9.17) is 5.11 Å². The van der Waals surface area contributed by atoms with Crippen LogP contribution in [0.4, 0.5) is 4.39 Å². The summed E-state index contributed by atoms with van der Waals surface area (Å²) < 4.78 is 13.3. The maximum atomic E-state index is 13.3. The maximum Gasteiger partial charge on any atom is 0.317 e. The lowest BCUT2D eigenvalue weighted by Crippen LogP contribution is -2.32. The first-order chi connectivity index (χ1) is 8.08. The molecule has 1 unspecified atom stereocenters. The number of carboxylic acid groups (broad SMARTS) is 1. The topological polar surface area (TPSA) is 40.5 Å². The highest BCUT2D eigenvalue weighted by molar-refractivity contribution is 5.69. The Morgan fingerprint density at radius 2 is 2.35 bits per heavy atom. The molecule has 0 heterocycles. The van der Waals surface area contributed by atoms with Crippen molar-refractivity contribution in [2.24, 2.45) is 0 Å². The molecule has 17 heavy (non-hydrogen) atoms. The summed E-state index contributed by atoms with van der Waals surface area (Å²) in [5, 5.41) is 8.80. The molecule has 1 aliphatic rings. The number of fused-ring (bicyclic) bond motifs is 1. The van der Waals surface area contributed by atoms with Crippen LogP contribution in [0.5, 0.6) is 0 Å². The molecule has 1 N–H and O–H groups in total. The summed E-state index contributed by atoms with van der Waals surface area (Å²) in [7, 11) is 1.78. The van der Waals surface area contributed by atoms with Crippen LogP contribution in [-0.4, -0.2) is 29.6 Å². The molecule has 0 fully saturated rings. The summed E-state index contributed by atoms with van der Waals surface area (Å²) in [4.78, 5) is 12.5. The zero-order chi connectivity index (χ0) is 12.4. The number of benzene rings is 1. The number of likely N-dealkylation sites (N-methyl/N-ethyl adjacent to an activating group) is 1. The van der Waals surface area contributed by atoms with E-state index in [0.29, 0.717) is 0 Å². The van der Waals surface area contributed by atoms with E-state index in [1.807, 2.05) is 6.07 Å². The molecule has 0 amide bonds. The molecule has 1 aromatic carbocycles. The molecule has 0 aliphatic heterocycles. The van der Waals surface area contributed by atoms with Crippen molar-refractivity contribution in [3.05, 3.63) is 35.1 Å². The minimum Gasteiger partial charge on any atom is -0.480 e. The van der Waals surface area contributed by atoms with Crippen molar-refractivity contribution in [2.75, 3.05) is 13.6 Å². The van der Waals surface area contributed by atoms with Gasteiger partial charge >= 0.3 is 5.97 Å². The molecule has 1 aromatic rings. The highest BCUT2D eigenvalue weighted by atomic mass is 19.1. The molecular formula is C13H16FNO2. The number of carboxylic acids is 1. The van der Waals surface area contributed by atoms with E-state index in [1.54, 1.807) is 11.9 Å². The van der Waals surface area contributed by atoms with Crippen LogP contribution in [0.2, 0.25) is 0 Å². The smallest absolute Gasteiger partial charge is 0.317 e. The van der Waals surface area contributed by atoms with E-state index < -0.39 is 5.97 Å². The molecule has 4 heteroatoms. The van der Waals surface area contributed by atoms with Gasteiger partial charge in [0, 0.05) is 6.04 Å². The van der Waals surface area contributed by atoms with E-state index in [1.165, 1.54) is 12.1 Å². The van der Waals surface area contributed by atoms with Crippen molar-refractivity contribution >= 4 is 5.97 Å². The highest BCUT2D eigenvalue weighted by Gasteiger charge is 2.25. The second-order valence-corrected chi connectivity index (χ2v) is 4.56. The molecule has 3 nitrogen and oxygen atoms in total. The number of hydrogen-bond donors (Lipinski definition) is 1. The van der Waals surface area contributed by atoms with Crippen molar-refractivity contribution < 1.29 is 14.3 Å². The second-order valence-electron chi connectivity index (χ2n) is 4.56. The van der Waals surface area contributed by atoms with Crippen molar-refractivity contribution in [1.82, 2.24) is 4.90 Å². The van der Waals surface area contributed by atoms with Gasteiger partial charge in [-0.15, -0.1) is 0 Å². The number of rotatable bonds is 3. The molecule has 0 saturated heterocycles. The lowest BCUT2D eigenvalue weighted by Gasteiger charge is -2.32. The number of halogens is 1. The standard InChI is InChI=1S/C13H16FNO2/c1-15(8-13(16)17)12-4-2-3-9-5-6-10(14)7-11(9)12/h5-7,12H,2-4,8H2,1H3,(H,16,17). The number of carbonyl (C=O) groups is 1. The van der Waals surface area contributed by atoms with E-state index >= 15 is 0 Å². The van der Waals surface area contributed by atoms with Gasteiger partial charge in [0.2, 0.25) is 0 Å². The Balaban J connectivity index is 2.27. The first-order valence-electron chi connectivity index (χ1n) is 5.78. The Morgan fingerprint density at radius 3 is 3.06 bits per heavy atom. The number of hydrogen-bond acceptors (Lipinski definition) is 2. The molecule has 2 rings (SSSR count). The highest BCUT2D eigenvalue weighted by Crippen LogP contribution is 2.33. The fraction of sp³-hybridized carbons (Fsp3) is 0.462. The SMILES string of the molecule is CN(CC(=O)O)C1CCCc2ccc(F)cc21. The van der Waals surface area contributed by atoms with Gasteiger partial charge in [0.05, 0.1) is 6.54 Å². The van der Waals surface area contributed by atoms with Gasteiger partial charge in [-0.25, -0.2) is 4.39 Å². The molecule has 0 saturated carbocycles. The third kappa shape index (κ3) is 2.64.